The van der Waals surface area contributed by atoms with Crippen LogP contribution in [0, 0.1) is 31.1 Å². The van der Waals surface area contributed by atoms with E-state index in [1.54, 1.807) is 6.92 Å². The van der Waals surface area contributed by atoms with Crippen LogP contribution in [0.15, 0.2) is 6.07 Å². The van der Waals surface area contributed by atoms with Gasteiger partial charge in [-0.1, -0.05) is 0 Å². The third-order valence-electron chi connectivity index (χ3n) is 3.81. The summed E-state index contributed by atoms with van der Waals surface area (Å²) < 4.78 is 0. The molecule has 0 saturated carbocycles. The van der Waals surface area contributed by atoms with Gasteiger partial charge in [-0.2, -0.15) is 5.26 Å². The van der Waals surface area contributed by atoms with Crippen molar-refractivity contribution in [3.63, 3.8) is 0 Å². The predicted molar refractivity (Wildman–Crippen MR) is 74.0 cm³/mol. The van der Waals surface area contributed by atoms with Gasteiger partial charge in [0.25, 0.3) is 0 Å². The fourth-order valence-corrected chi connectivity index (χ4v) is 2.68. The van der Waals surface area contributed by atoms with E-state index in [2.05, 4.69) is 16.0 Å². The van der Waals surface area contributed by atoms with E-state index in [1.165, 1.54) is 0 Å². The maximum Gasteiger partial charge on any atom is 0.147 e. The molecule has 1 aromatic rings. The molecule has 0 atom stereocenters. The lowest BCUT2D eigenvalue weighted by molar-refractivity contribution is -0.121. The van der Waals surface area contributed by atoms with Crippen LogP contribution in [0.25, 0.3) is 0 Å². The normalized spacial score (nSPS) is 16.2. The topological polar surface area (TPSA) is 57.0 Å². The molecular formula is C15H19N3O. The molecule has 0 amide bonds. The first-order chi connectivity index (χ1) is 9.02. The van der Waals surface area contributed by atoms with Crippen molar-refractivity contribution < 1.29 is 4.79 Å². The summed E-state index contributed by atoms with van der Waals surface area (Å²) in [6.45, 7) is 7.15. The predicted octanol–water partition coefficient (Wildman–Crippen LogP) is 2.38. The number of pyridine rings is 1. The Morgan fingerprint density at radius 3 is 2.58 bits per heavy atom. The molecule has 0 aliphatic carbocycles. The van der Waals surface area contributed by atoms with E-state index in [9.17, 15) is 10.1 Å². The van der Waals surface area contributed by atoms with Crippen molar-refractivity contribution >= 4 is 11.6 Å². The number of hydrogen-bond acceptors (Lipinski definition) is 4. The summed E-state index contributed by atoms with van der Waals surface area (Å²) in [5, 5.41) is 9.29. The Bertz CT molecular complexity index is 537. The summed E-state index contributed by atoms with van der Waals surface area (Å²) in [7, 11) is 0. The zero-order chi connectivity index (χ0) is 14.0. The highest BCUT2D eigenvalue weighted by Gasteiger charge is 2.25. The van der Waals surface area contributed by atoms with Gasteiger partial charge in [-0.3, -0.25) is 4.79 Å². The molecular weight excluding hydrogens is 238 g/mol. The van der Waals surface area contributed by atoms with E-state index < -0.39 is 0 Å². The zero-order valence-electron chi connectivity index (χ0n) is 11.7. The molecule has 4 nitrogen and oxygen atoms in total. The Labute approximate surface area is 114 Å². The van der Waals surface area contributed by atoms with Crippen LogP contribution in [0.4, 0.5) is 5.82 Å². The molecule has 1 aliphatic rings. The first-order valence-corrected chi connectivity index (χ1v) is 6.66. The Hall–Kier alpha value is -1.89. The molecule has 0 bridgehead atoms. The second-order valence-corrected chi connectivity index (χ2v) is 5.26. The third kappa shape index (κ3) is 2.76. The summed E-state index contributed by atoms with van der Waals surface area (Å²) in [5.41, 5.74) is 2.56. The molecule has 1 aliphatic heterocycles. The number of rotatable bonds is 2. The van der Waals surface area contributed by atoms with Crippen LogP contribution < -0.4 is 4.90 Å². The zero-order valence-corrected chi connectivity index (χ0v) is 11.7. The number of anilines is 1. The number of piperidine rings is 1. The van der Waals surface area contributed by atoms with Gasteiger partial charge in [-0.25, -0.2) is 4.98 Å². The highest BCUT2D eigenvalue weighted by Crippen LogP contribution is 2.27. The van der Waals surface area contributed by atoms with E-state index >= 15 is 0 Å². The summed E-state index contributed by atoms with van der Waals surface area (Å²) in [6.07, 6.45) is 1.71. The van der Waals surface area contributed by atoms with Crippen molar-refractivity contribution in [3.8, 4) is 6.07 Å². The summed E-state index contributed by atoms with van der Waals surface area (Å²) in [5.74, 6) is 1.23. The second kappa shape index (κ2) is 5.40. The van der Waals surface area contributed by atoms with Gasteiger partial charge < -0.3 is 4.90 Å². The maximum atomic E-state index is 11.4. The van der Waals surface area contributed by atoms with Gasteiger partial charge in [-0.05, 0) is 45.2 Å². The molecule has 0 spiro atoms. The Morgan fingerprint density at radius 2 is 2.05 bits per heavy atom. The van der Waals surface area contributed by atoms with Crippen LogP contribution in [-0.2, 0) is 4.79 Å². The number of carbonyl (C=O) groups excluding carboxylic acids is 1. The smallest absolute Gasteiger partial charge is 0.147 e. The highest BCUT2D eigenvalue weighted by atomic mass is 16.1. The maximum absolute atomic E-state index is 11.4. The van der Waals surface area contributed by atoms with E-state index in [0.717, 1.165) is 43.0 Å². The first-order valence-electron chi connectivity index (χ1n) is 6.66. The number of carbonyl (C=O) groups is 1. The summed E-state index contributed by atoms with van der Waals surface area (Å²) >= 11 is 0. The molecule has 0 radical (unpaired) electrons. The number of nitrogens with zero attached hydrogens (tertiary/aromatic N) is 3. The molecule has 1 fully saturated rings. The van der Waals surface area contributed by atoms with Gasteiger partial charge in [0.15, 0.2) is 0 Å². The van der Waals surface area contributed by atoms with Crippen LogP contribution in [0.3, 0.4) is 0 Å². The van der Waals surface area contributed by atoms with Gasteiger partial charge in [0.05, 0.1) is 5.56 Å². The minimum absolute atomic E-state index is 0.174. The fraction of sp³-hybridized carbons (Fsp3) is 0.533. The van der Waals surface area contributed by atoms with Gasteiger partial charge in [-0.15, -0.1) is 0 Å². The Morgan fingerprint density at radius 1 is 1.42 bits per heavy atom. The van der Waals surface area contributed by atoms with Gasteiger partial charge in [0.1, 0.15) is 17.7 Å². The first kappa shape index (κ1) is 13.5. The average molecular weight is 257 g/mol. The minimum Gasteiger partial charge on any atom is -0.355 e. The lowest BCUT2D eigenvalue weighted by atomic mass is 9.93. The van der Waals surface area contributed by atoms with E-state index in [-0.39, 0.29) is 11.7 Å². The Kier molecular flexibility index (Phi) is 3.84. The van der Waals surface area contributed by atoms with Crippen molar-refractivity contribution in [1.82, 2.24) is 4.98 Å². The standard InChI is InChI=1S/C15H19N3O/c1-10-8-11(2)17-15(14(10)9-16)18-6-4-13(5-7-18)12(3)19/h8,13H,4-7H2,1-3H3. The average Bonchev–Trinajstić information content (AvgIpc) is 2.38. The van der Waals surface area contributed by atoms with Crippen molar-refractivity contribution in [2.45, 2.75) is 33.6 Å². The largest absolute Gasteiger partial charge is 0.355 e. The second-order valence-electron chi connectivity index (χ2n) is 5.26. The lowest BCUT2D eigenvalue weighted by Gasteiger charge is -2.32. The number of nitriles is 1. The van der Waals surface area contributed by atoms with Crippen LogP contribution in [-0.4, -0.2) is 23.9 Å². The molecule has 1 aromatic heterocycles. The summed E-state index contributed by atoms with van der Waals surface area (Å²) in [4.78, 5) is 18.0. The van der Waals surface area contributed by atoms with Crippen molar-refractivity contribution in [2.75, 3.05) is 18.0 Å². The number of ketones is 1. The Balaban J connectivity index is 2.25. The minimum atomic E-state index is 0.174. The molecule has 0 unspecified atom stereocenters. The highest BCUT2D eigenvalue weighted by molar-refractivity contribution is 5.78. The van der Waals surface area contributed by atoms with Crippen molar-refractivity contribution in [2.24, 2.45) is 5.92 Å². The molecule has 2 rings (SSSR count). The third-order valence-corrected chi connectivity index (χ3v) is 3.81. The van der Waals surface area contributed by atoms with Gasteiger partial charge in [0.2, 0.25) is 0 Å². The lowest BCUT2D eigenvalue weighted by Crippen LogP contribution is -2.37. The molecule has 19 heavy (non-hydrogen) atoms. The van der Waals surface area contributed by atoms with Crippen LogP contribution in [0.2, 0.25) is 0 Å². The van der Waals surface area contributed by atoms with Crippen LogP contribution >= 0.6 is 0 Å². The quantitative estimate of drug-likeness (QED) is 0.816. The molecule has 1 saturated heterocycles. The molecule has 2 heterocycles. The molecule has 4 heteroatoms. The number of aryl methyl sites for hydroxylation is 2. The fourth-order valence-electron chi connectivity index (χ4n) is 2.68. The van der Waals surface area contributed by atoms with Crippen LogP contribution in [0.1, 0.15) is 36.6 Å². The number of hydrogen-bond donors (Lipinski definition) is 0. The van der Waals surface area contributed by atoms with Crippen molar-refractivity contribution in [3.05, 3.63) is 22.9 Å². The molecule has 0 aromatic carbocycles. The number of Topliss-reactive ketones (excluding diaryl/α,β-unsaturated/α-hetero) is 1. The van der Waals surface area contributed by atoms with Gasteiger partial charge >= 0.3 is 0 Å². The van der Waals surface area contributed by atoms with E-state index in [0.29, 0.717) is 5.56 Å². The van der Waals surface area contributed by atoms with Gasteiger partial charge in [0, 0.05) is 24.7 Å². The van der Waals surface area contributed by atoms with E-state index in [1.807, 2.05) is 19.9 Å². The molecule has 0 N–H and O–H groups in total. The van der Waals surface area contributed by atoms with E-state index in [4.69, 9.17) is 0 Å². The summed E-state index contributed by atoms with van der Waals surface area (Å²) in [6, 6.07) is 4.19. The van der Waals surface area contributed by atoms with Crippen LogP contribution in [0.5, 0.6) is 0 Å². The number of aromatic nitrogens is 1. The monoisotopic (exact) mass is 257 g/mol. The molecule has 100 valence electrons. The SMILES string of the molecule is CC(=O)C1CCN(c2nc(C)cc(C)c2C#N)CC1. The van der Waals surface area contributed by atoms with Crippen molar-refractivity contribution in [1.29, 1.82) is 5.26 Å².